The number of carboxylic acid groups (broad SMARTS) is 1. The van der Waals surface area contributed by atoms with Gasteiger partial charge in [-0.2, -0.15) is 0 Å². The van der Waals surface area contributed by atoms with E-state index in [1.165, 1.54) is 65.4 Å². The highest BCUT2D eigenvalue weighted by atomic mass is 16.4. The molecule has 2 heterocycles. The largest absolute Gasteiger partial charge is 0.478 e. The van der Waals surface area contributed by atoms with Crippen molar-refractivity contribution in [1.82, 2.24) is 4.57 Å². The van der Waals surface area contributed by atoms with E-state index in [0.29, 0.717) is 11.5 Å². The van der Waals surface area contributed by atoms with Gasteiger partial charge in [0, 0.05) is 23.0 Å². The van der Waals surface area contributed by atoms with E-state index in [0.717, 1.165) is 24.9 Å². The van der Waals surface area contributed by atoms with E-state index in [4.69, 9.17) is 0 Å². The van der Waals surface area contributed by atoms with E-state index >= 15 is 0 Å². The molecule has 3 aromatic rings. The van der Waals surface area contributed by atoms with Gasteiger partial charge in [0.2, 0.25) is 0 Å². The summed E-state index contributed by atoms with van der Waals surface area (Å²) in [5.74, 6) is -0.267. The summed E-state index contributed by atoms with van der Waals surface area (Å²) in [7, 11) is 0. The number of aryl methyl sites for hydroxylation is 3. The number of fused-ring (bicyclic) bond motifs is 5. The Morgan fingerprint density at radius 1 is 1.04 bits per heavy atom. The molecule has 3 heteroatoms. The van der Waals surface area contributed by atoms with Gasteiger partial charge in [0.25, 0.3) is 0 Å². The quantitative estimate of drug-likeness (QED) is 0.572. The van der Waals surface area contributed by atoms with Crippen LogP contribution in [0, 0.1) is 6.92 Å². The number of rotatable bonds is 2. The summed E-state index contributed by atoms with van der Waals surface area (Å²) < 4.78 is 2.42. The van der Waals surface area contributed by atoms with Gasteiger partial charge in [-0.1, -0.05) is 49.1 Å². The zero-order valence-corrected chi connectivity index (χ0v) is 16.5. The molecule has 1 fully saturated rings. The molecule has 2 aliphatic rings. The molecule has 1 aromatic heterocycles. The van der Waals surface area contributed by atoms with E-state index in [1.54, 1.807) is 6.07 Å². The summed E-state index contributed by atoms with van der Waals surface area (Å²) in [6, 6.07) is 12.6. The molecule has 3 nitrogen and oxygen atoms in total. The Hall–Kier alpha value is -2.55. The van der Waals surface area contributed by atoms with Crippen LogP contribution in [0.15, 0.2) is 36.4 Å². The van der Waals surface area contributed by atoms with Gasteiger partial charge in [0.1, 0.15) is 0 Å². The Bertz CT molecular complexity index is 1070. The van der Waals surface area contributed by atoms with Crippen molar-refractivity contribution in [2.75, 3.05) is 0 Å². The molecule has 0 spiro atoms. The lowest BCUT2D eigenvalue weighted by Crippen LogP contribution is -2.07. The van der Waals surface area contributed by atoms with Crippen LogP contribution in [0.4, 0.5) is 0 Å². The minimum atomic E-state index is -0.846. The first-order chi connectivity index (χ1) is 13.6. The molecule has 0 radical (unpaired) electrons. The minimum Gasteiger partial charge on any atom is -0.478 e. The minimum absolute atomic E-state index is 0.386. The second-order valence-corrected chi connectivity index (χ2v) is 8.55. The van der Waals surface area contributed by atoms with Crippen molar-refractivity contribution >= 4 is 16.9 Å². The number of carbonyl (C=O) groups is 1. The monoisotopic (exact) mass is 373 g/mol. The second-order valence-electron chi connectivity index (χ2n) is 8.55. The summed E-state index contributed by atoms with van der Waals surface area (Å²) in [4.78, 5) is 11.6. The van der Waals surface area contributed by atoms with Gasteiger partial charge in [-0.3, -0.25) is 0 Å². The van der Waals surface area contributed by atoms with Crippen molar-refractivity contribution in [3.8, 4) is 11.3 Å². The summed E-state index contributed by atoms with van der Waals surface area (Å²) >= 11 is 0. The van der Waals surface area contributed by atoms with E-state index in [1.807, 2.05) is 6.07 Å². The first-order valence-corrected chi connectivity index (χ1v) is 10.6. The van der Waals surface area contributed by atoms with Crippen LogP contribution in [0.3, 0.4) is 0 Å². The van der Waals surface area contributed by atoms with Gasteiger partial charge in [0.05, 0.1) is 11.3 Å². The molecule has 2 aromatic carbocycles. The topological polar surface area (TPSA) is 42.2 Å². The SMILES string of the molecule is Cc1ccc2c(c1)CCCn1c-2c(C2CCCCC2)c2ccc(C(=O)O)cc21. The smallest absolute Gasteiger partial charge is 0.335 e. The molecule has 28 heavy (non-hydrogen) atoms. The zero-order chi connectivity index (χ0) is 19.3. The lowest BCUT2D eigenvalue weighted by molar-refractivity contribution is 0.0697. The highest BCUT2D eigenvalue weighted by Crippen LogP contribution is 2.46. The summed E-state index contributed by atoms with van der Waals surface area (Å²) in [6.45, 7) is 3.12. The van der Waals surface area contributed by atoms with E-state index < -0.39 is 5.97 Å². The summed E-state index contributed by atoms with van der Waals surface area (Å²) in [6.07, 6.45) is 8.60. The molecule has 1 aliphatic heterocycles. The number of aromatic carboxylic acids is 1. The van der Waals surface area contributed by atoms with Crippen LogP contribution in [0.2, 0.25) is 0 Å². The van der Waals surface area contributed by atoms with Crippen molar-refractivity contribution in [1.29, 1.82) is 0 Å². The van der Waals surface area contributed by atoms with Gasteiger partial charge in [-0.15, -0.1) is 0 Å². The number of aromatic nitrogens is 1. The van der Waals surface area contributed by atoms with Gasteiger partial charge >= 0.3 is 5.97 Å². The van der Waals surface area contributed by atoms with Crippen LogP contribution in [-0.2, 0) is 13.0 Å². The molecule has 1 N–H and O–H groups in total. The molecular formula is C25H27NO2. The third-order valence-corrected chi connectivity index (χ3v) is 6.71. The molecule has 0 bridgehead atoms. The second kappa shape index (κ2) is 6.80. The van der Waals surface area contributed by atoms with E-state index in [2.05, 4.69) is 35.8 Å². The first kappa shape index (κ1) is 17.5. The summed E-state index contributed by atoms with van der Waals surface area (Å²) in [5, 5.41) is 10.8. The summed E-state index contributed by atoms with van der Waals surface area (Å²) in [5.41, 5.74) is 8.43. The maximum Gasteiger partial charge on any atom is 0.335 e. The first-order valence-electron chi connectivity index (χ1n) is 10.6. The van der Waals surface area contributed by atoms with Crippen LogP contribution >= 0.6 is 0 Å². The van der Waals surface area contributed by atoms with Gasteiger partial charge in [0.15, 0.2) is 0 Å². The van der Waals surface area contributed by atoms with Crippen molar-refractivity contribution in [2.24, 2.45) is 0 Å². The lowest BCUT2D eigenvalue weighted by Gasteiger charge is -2.24. The van der Waals surface area contributed by atoms with Crippen molar-refractivity contribution in [2.45, 2.75) is 64.3 Å². The predicted octanol–water partition coefficient (Wildman–Crippen LogP) is 6.31. The fourth-order valence-corrected chi connectivity index (χ4v) is 5.42. The van der Waals surface area contributed by atoms with Crippen LogP contribution < -0.4 is 0 Å². The van der Waals surface area contributed by atoms with Crippen molar-refractivity contribution < 1.29 is 9.90 Å². The third-order valence-electron chi connectivity index (χ3n) is 6.71. The highest BCUT2D eigenvalue weighted by molar-refractivity contribution is 5.98. The number of carboxylic acids is 1. The molecule has 144 valence electrons. The number of benzene rings is 2. The molecule has 0 saturated heterocycles. The standard InChI is InChI=1S/C25H27NO2/c1-16-9-11-20-18(14-16)8-5-13-26-22-15-19(25(27)28)10-12-21(22)23(24(20)26)17-6-3-2-4-7-17/h9-12,14-15,17H,2-8,13H2,1H3,(H,27,28). The fraction of sp³-hybridized carbons (Fsp3) is 0.400. The van der Waals surface area contributed by atoms with Crippen LogP contribution in [0.1, 0.15) is 71.5 Å². The number of hydrogen-bond donors (Lipinski definition) is 1. The van der Waals surface area contributed by atoms with Crippen molar-refractivity contribution in [3.05, 3.63) is 58.7 Å². The van der Waals surface area contributed by atoms with E-state index in [9.17, 15) is 9.90 Å². The Kier molecular flexibility index (Phi) is 4.26. The normalized spacial score (nSPS) is 17.2. The third kappa shape index (κ3) is 2.76. The molecule has 1 aliphatic carbocycles. The Morgan fingerprint density at radius 3 is 2.64 bits per heavy atom. The van der Waals surface area contributed by atoms with Gasteiger partial charge < -0.3 is 9.67 Å². The van der Waals surface area contributed by atoms with E-state index in [-0.39, 0.29) is 0 Å². The van der Waals surface area contributed by atoms with Gasteiger partial charge in [-0.05, 0) is 61.8 Å². The molecule has 0 amide bonds. The molecule has 0 atom stereocenters. The maximum absolute atomic E-state index is 11.6. The average molecular weight is 373 g/mol. The van der Waals surface area contributed by atoms with Gasteiger partial charge in [-0.25, -0.2) is 4.79 Å². The van der Waals surface area contributed by atoms with Crippen molar-refractivity contribution in [3.63, 3.8) is 0 Å². The Balaban J connectivity index is 1.84. The molecule has 0 unspecified atom stereocenters. The van der Waals surface area contributed by atoms with Crippen LogP contribution in [-0.4, -0.2) is 15.6 Å². The molecule has 5 rings (SSSR count). The number of hydrogen-bond acceptors (Lipinski definition) is 1. The highest BCUT2D eigenvalue weighted by Gasteiger charge is 2.28. The fourth-order valence-electron chi connectivity index (χ4n) is 5.42. The zero-order valence-electron chi connectivity index (χ0n) is 16.5. The molecule has 1 saturated carbocycles. The Labute approximate surface area is 166 Å². The maximum atomic E-state index is 11.6. The Morgan fingerprint density at radius 2 is 1.86 bits per heavy atom. The van der Waals surface area contributed by atoms with Crippen LogP contribution in [0.5, 0.6) is 0 Å². The molecular weight excluding hydrogens is 346 g/mol. The number of nitrogens with zero attached hydrogens (tertiary/aromatic N) is 1. The lowest BCUT2D eigenvalue weighted by atomic mass is 9.81. The average Bonchev–Trinajstić information content (AvgIpc) is 2.90. The predicted molar refractivity (Wildman–Crippen MR) is 113 cm³/mol. The van der Waals surface area contributed by atoms with Crippen LogP contribution in [0.25, 0.3) is 22.2 Å².